The second-order valence-corrected chi connectivity index (χ2v) is 11.6. The lowest BCUT2D eigenvalue weighted by Crippen LogP contribution is -2.50. The van der Waals surface area contributed by atoms with Gasteiger partial charge in [0.15, 0.2) is 0 Å². The smallest absolute Gasteiger partial charge is 0.273 e. The number of nitrogens with one attached hydrogen (secondary N) is 2. The zero-order chi connectivity index (χ0) is 26.0. The molecule has 11 heteroatoms. The van der Waals surface area contributed by atoms with Gasteiger partial charge in [-0.05, 0) is 60.2 Å². The van der Waals surface area contributed by atoms with Gasteiger partial charge in [0.1, 0.15) is 10.3 Å². The van der Waals surface area contributed by atoms with E-state index in [9.17, 15) is 22.8 Å². The number of thiophene rings is 1. The van der Waals surface area contributed by atoms with Crippen LogP contribution >= 0.6 is 11.3 Å². The fourth-order valence-electron chi connectivity index (χ4n) is 3.59. The van der Waals surface area contributed by atoms with Crippen LogP contribution in [0.25, 0.3) is 15.8 Å². The number of benzene rings is 2. The molecule has 0 spiro atoms. The number of hydrogen-bond donors (Lipinski definition) is 2. The van der Waals surface area contributed by atoms with Gasteiger partial charge in [0.25, 0.3) is 27.4 Å². The lowest BCUT2D eigenvalue weighted by atomic mass is 10.0. The van der Waals surface area contributed by atoms with Crippen molar-refractivity contribution in [2.24, 2.45) is 5.92 Å². The summed E-state index contributed by atoms with van der Waals surface area (Å²) >= 11 is 1.07. The van der Waals surface area contributed by atoms with E-state index in [1.807, 2.05) is 25.1 Å². The van der Waals surface area contributed by atoms with Crippen molar-refractivity contribution in [2.45, 2.75) is 31.0 Å². The summed E-state index contributed by atoms with van der Waals surface area (Å²) in [6, 6.07) is 12.2. The molecule has 0 aliphatic rings. The van der Waals surface area contributed by atoms with E-state index < -0.39 is 27.9 Å². The number of aromatic nitrogens is 2. The summed E-state index contributed by atoms with van der Waals surface area (Å²) in [6.45, 7) is 5.33. The van der Waals surface area contributed by atoms with Crippen LogP contribution in [-0.4, -0.2) is 35.8 Å². The Morgan fingerprint density at radius 3 is 2.44 bits per heavy atom. The molecule has 9 nitrogen and oxygen atoms in total. The number of nitrogens with zero attached hydrogens (tertiary/aromatic N) is 2. The van der Waals surface area contributed by atoms with Crippen LogP contribution in [0.3, 0.4) is 0 Å². The molecule has 0 aliphatic carbocycles. The van der Waals surface area contributed by atoms with Gasteiger partial charge in [-0.1, -0.05) is 26.0 Å². The first kappa shape index (κ1) is 25.3. The minimum atomic E-state index is -4.12. The van der Waals surface area contributed by atoms with Crippen molar-refractivity contribution >= 4 is 43.3 Å². The van der Waals surface area contributed by atoms with Crippen molar-refractivity contribution in [1.29, 1.82) is 0 Å². The average molecular weight is 525 g/mol. The van der Waals surface area contributed by atoms with Crippen LogP contribution in [0.2, 0.25) is 0 Å². The summed E-state index contributed by atoms with van der Waals surface area (Å²) in [7, 11) is -4.12. The molecule has 0 fully saturated rings. The summed E-state index contributed by atoms with van der Waals surface area (Å²) in [5, 5.41) is 3.39. The highest BCUT2D eigenvalue weighted by Gasteiger charge is 2.29. The standard InChI is InChI=1S/C25H24N4O5S2/c1-15(2)23(25(32)28-36(33,34)22-13-18-5-4-16(3)12-20(18)35-22)27-24(31)17-6-8-19(9-7-17)29-11-10-26-14-21(29)30/h4-15,23H,1-3H3,(H,27,31)(H,28,32). The van der Waals surface area contributed by atoms with Gasteiger partial charge >= 0.3 is 0 Å². The van der Waals surface area contributed by atoms with Gasteiger partial charge in [-0.25, -0.2) is 13.1 Å². The lowest BCUT2D eigenvalue weighted by molar-refractivity contribution is -0.122. The van der Waals surface area contributed by atoms with Crippen LogP contribution in [-0.2, 0) is 14.8 Å². The van der Waals surface area contributed by atoms with E-state index in [2.05, 4.69) is 15.0 Å². The zero-order valence-corrected chi connectivity index (χ0v) is 21.4. The molecule has 2 aromatic carbocycles. The van der Waals surface area contributed by atoms with Gasteiger partial charge in [-0.15, -0.1) is 11.3 Å². The molecule has 1 atom stereocenters. The number of sulfonamides is 1. The molecule has 2 N–H and O–H groups in total. The molecule has 4 aromatic rings. The van der Waals surface area contributed by atoms with Crippen molar-refractivity contribution < 1.29 is 18.0 Å². The summed E-state index contributed by atoms with van der Waals surface area (Å²) in [5.74, 6) is -1.76. The first-order valence-corrected chi connectivity index (χ1v) is 13.4. The molecular weight excluding hydrogens is 500 g/mol. The normalized spacial score (nSPS) is 12.4. The molecule has 36 heavy (non-hydrogen) atoms. The number of hydrogen-bond acceptors (Lipinski definition) is 7. The first-order chi connectivity index (χ1) is 17.0. The third-order valence-electron chi connectivity index (χ3n) is 5.52. The Hall–Kier alpha value is -3.83. The van der Waals surface area contributed by atoms with Crippen molar-refractivity contribution in [3.05, 3.63) is 88.6 Å². The third kappa shape index (κ3) is 5.37. The molecule has 0 radical (unpaired) electrons. The summed E-state index contributed by atoms with van der Waals surface area (Å²) in [4.78, 5) is 41.5. The number of aryl methyl sites for hydroxylation is 1. The average Bonchev–Trinajstić information content (AvgIpc) is 3.26. The number of carbonyl (C=O) groups is 2. The Balaban J connectivity index is 1.49. The van der Waals surface area contributed by atoms with E-state index in [1.165, 1.54) is 41.4 Å². The van der Waals surface area contributed by atoms with Crippen molar-refractivity contribution in [3.63, 3.8) is 0 Å². The van der Waals surface area contributed by atoms with E-state index in [0.717, 1.165) is 27.0 Å². The lowest BCUT2D eigenvalue weighted by Gasteiger charge is -2.21. The van der Waals surface area contributed by atoms with E-state index >= 15 is 0 Å². The predicted molar refractivity (Wildman–Crippen MR) is 138 cm³/mol. The quantitative estimate of drug-likeness (QED) is 0.383. The maximum atomic E-state index is 12.9. The van der Waals surface area contributed by atoms with Gasteiger partial charge in [0.05, 0.1) is 6.20 Å². The molecule has 186 valence electrons. The van der Waals surface area contributed by atoms with Gasteiger partial charge in [-0.3, -0.25) is 23.9 Å². The van der Waals surface area contributed by atoms with E-state index in [4.69, 9.17) is 0 Å². The molecule has 0 saturated heterocycles. The number of carbonyl (C=O) groups excluding carboxylic acids is 2. The van der Waals surface area contributed by atoms with Crippen LogP contribution in [0.15, 0.2) is 76.1 Å². The summed E-state index contributed by atoms with van der Waals surface area (Å²) in [5.41, 5.74) is 1.48. The maximum Gasteiger partial charge on any atom is 0.273 e. The second kappa shape index (κ2) is 10.0. The Kier molecular flexibility index (Phi) is 7.04. The van der Waals surface area contributed by atoms with Crippen LogP contribution in [0, 0.1) is 12.8 Å². The molecule has 0 bridgehead atoms. The maximum absolute atomic E-state index is 12.9. The van der Waals surface area contributed by atoms with E-state index in [1.54, 1.807) is 26.0 Å². The molecule has 0 saturated carbocycles. The Bertz CT molecular complexity index is 1610. The molecular formula is C25H24N4O5S2. The van der Waals surface area contributed by atoms with Crippen molar-refractivity contribution in [1.82, 2.24) is 19.6 Å². The van der Waals surface area contributed by atoms with Gasteiger partial charge in [0.2, 0.25) is 0 Å². The minimum Gasteiger partial charge on any atom is -0.340 e. The van der Waals surface area contributed by atoms with Gasteiger partial charge < -0.3 is 5.32 Å². The van der Waals surface area contributed by atoms with E-state index in [-0.39, 0.29) is 21.2 Å². The molecule has 2 aromatic heterocycles. The number of amides is 2. The van der Waals surface area contributed by atoms with Crippen LogP contribution in [0.5, 0.6) is 0 Å². The van der Waals surface area contributed by atoms with Crippen LogP contribution in [0.1, 0.15) is 29.8 Å². The van der Waals surface area contributed by atoms with Crippen molar-refractivity contribution in [2.75, 3.05) is 0 Å². The minimum absolute atomic E-state index is 0.0206. The second-order valence-electron chi connectivity index (χ2n) is 8.60. The van der Waals surface area contributed by atoms with Crippen molar-refractivity contribution in [3.8, 4) is 5.69 Å². The van der Waals surface area contributed by atoms with Crippen LogP contribution in [0.4, 0.5) is 0 Å². The third-order valence-corrected chi connectivity index (χ3v) is 8.44. The first-order valence-electron chi connectivity index (χ1n) is 11.1. The Morgan fingerprint density at radius 1 is 1.06 bits per heavy atom. The van der Waals surface area contributed by atoms with E-state index in [0.29, 0.717) is 5.69 Å². The molecule has 1 unspecified atom stereocenters. The highest BCUT2D eigenvalue weighted by Crippen LogP contribution is 2.29. The fourth-order valence-corrected chi connectivity index (χ4v) is 6.09. The Labute approximate surface area is 211 Å². The molecule has 4 rings (SSSR count). The van der Waals surface area contributed by atoms with Gasteiger partial charge in [0, 0.05) is 28.3 Å². The fraction of sp³-hybridized carbons (Fsp3) is 0.200. The highest BCUT2D eigenvalue weighted by molar-refractivity contribution is 7.92. The number of fused-ring (bicyclic) bond motifs is 1. The SMILES string of the molecule is Cc1ccc2cc(S(=O)(=O)NC(=O)C(NC(=O)c3ccc(-n4ccncc4=O)cc3)C(C)C)sc2c1. The predicted octanol–water partition coefficient (Wildman–Crippen LogP) is 3.02. The van der Waals surface area contributed by atoms with Crippen LogP contribution < -0.4 is 15.6 Å². The largest absolute Gasteiger partial charge is 0.340 e. The molecule has 0 aliphatic heterocycles. The summed E-state index contributed by atoms with van der Waals surface area (Å²) in [6.07, 6.45) is 4.16. The monoisotopic (exact) mass is 524 g/mol. The van der Waals surface area contributed by atoms with Gasteiger partial charge in [-0.2, -0.15) is 0 Å². The topological polar surface area (TPSA) is 127 Å². The number of rotatable bonds is 7. The summed E-state index contributed by atoms with van der Waals surface area (Å²) < 4.78 is 30.1. The molecule has 2 amide bonds. The highest BCUT2D eigenvalue weighted by atomic mass is 32.2. The Morgan fingerprint density at radius 2 is 1.78 bits per heavy atom. The molecule has 2 heterocycles. The zero-order valence-electron chi connectivity index (χ0n) is 19.8.